The molecule has 20 heavy (non-hydrogen) atoms. The van der Waals surface area contributed by atoms with Gasteiger partial charge in [-0.2, -0.15) is 4.73 Å². The zero-order valence-electron chi connectivity index (χ0n) is 10.2. The molecule has 3 aromatic rings. The number of hydrogen-bond acceptors (Lipinski definition) is 3. The number of rotatable bonds is 2. The third-order valence-corrected chi connectivity index (χ3v) is 2.92. The lowest BCUT2D eigenvalue weighted by Gasteiger charge is -2.05. The van der Waals surface area contributed by atoms with Crippen LogP contribution in [0.15, 0.2) is 53.7 Å². The minimum Gasteiger partial charge on any atom is -0.427 e. The lowest BCUT2D eigenvalue weighted by atomic mass is 10.1. The van der Waals surface area contributed by atoms with Crippen molar-refractivity contribution in [2.75, 3.05) is 0 Å². The SMILES string of the molecule is O=c1cc(-c2c(-c3ccc(F)cc3)ncn2O)cc[nH]1. The minimum absolute atomic E-state index is 0.284. The molecule has 0 saturated carbocycles. The van der Waals surface area contributed by atoms with E-state index in [0.717, 1.165) is 4.73 Å². The molecule has 0 unspecified atom stereocenters. The first-order valence-corrected chi connectivity index (χ1v) is 5.87. The molecule has 0 radical (unpaired) electrons. The summed E-state index contributed by atoms with van der Waals surface area (Å²) in [5.41, 5.74) is 1.73. The van der Waals surface area contributed by atoms with Crippen LogP contribution in [-0.4, -0.2) is 19.9 Å². The fraction of sp³-hybridized carbons (Fsp3) is 0. The van der Waals surface area contributed by atoms with Crippen molar-refractivity contribution in [1.29, 1.82) is 0 Å². The Morgan fingerprint density at radius 2 is 1.90 bits per heavy atom. The number of imidazole rings is 1. The van der Waals surface area contributed by atoms with Crippen LogP contribution in [0.4, 0.5) is 4.39 Å². The van der Waals surface area contributed by atoms with Crippen LogP contribution in [0, 0.1) is 5.82 Å². The normalized spacial score (nSPS) is 10.7. The van der Waals surface area contributed by atoms with Crippen LogP contribution >= 0.6 is 0 Å². The standard InChI is InChI=1S/C14H10FN3O2/c15-11-3-1-9(2-4-11)13-14(18(20)8-17-13)10-5-6-16-12(19)7-10/h1-8,20H,(H,16,19). The quantitative estimate of drug-likeness (QED) is 0.702. The third kappa shape index (κ3) is 2.07. The molecule has 0 spiro atoms. The lowest BCUT2D eigenvalue weighted by molar-refractivity contribution is 0.190. The predicted octanol–water partition coefficient (Wildman–Crippen LogP) is 2.28. The summed E-state index contributed by atoms with van der Waals surface area (Å²) in [5, 5.41) is 9.86. The monoisotopic (exact) mass is 271 g/mol. The number of hydrogen-bond donors (Lipinski definition) is 2. The zero-order valence-corrected chi connectivity index (χ0v) is 10.2. The van der Waals surface area contributed by atoms with Crippen molar-refractivity contribution in [2.24, 2.45) is 0 Å². The Labute approximate surface area is 112 Å². The van der Waals surface area contributed by atoms with Crippen molar-refractivity contribution < 1.29 is 9.60 Å². The van der Waals surface area contributed by atoms with E-state index >= 15 is 0 Å². The highest BCUT2D eigenvalue weighted by molar-refractivity contribution is 5.78. The van der Waals surface area contributed by atoms with Crippen LogP contribution < -0.4 is 5.56 Å². The molecule has 0 bridgehead atoms. The second kappa shape index (κ2) is 4.65. The van der Waals surface area contributed by atoms with Crippen molar-refractivity contribution >= 4 is 0 Å². The number of aromatic amines is 1. The maximum absolute atomic E-state index is 13.0. The van der Waals surface area contributed by atoms with Crippen molar-refractivity contribution in [2.45, 2.75) is 0 Å². The first kappa shape index (κ1) is 12.2. The van der Waals surface area contributed by atoms with E-state index in [1.807, 2.05) is 0 Å². The minimum atomic E-state index is -0.352. The molecule has 6 heteroatoms. The van der Waals surface area contributed by atoms with Crippen LogP contribution in [0.25, 0.3) is 22.5 Å². The third-order valence-electron chi connectivity index (χ3n) is 2.92. The highest BCUT2D eigenvalue weighted by atomic mass is 19.1. The van der Waals surface area contributed by atoms with Gasteiger partial charge in [0.25, 0.3) is 0 Å². The van der Waals surface area contributed by atoms with Gasteiger partial charge in [-0.1, -0.05) is 0 Å². The summed E-state index contributed by atoms with van der Waals surface area (Å²) < 4.78 is 13.8. The van der Waals surface area contributed by atoms with Gasteiger partial charge in [0.05, 0.1) is 5.69 Å². The van der Waals surface area contributed by atoms with Crippen molar-refractivity contribution in [3.8, 4) is 22.5 Å². The van der Waals surface area contributed by atoms with Gasteiger partial charge in [0.15, 0.2) is 0 Å². The summed E-state index contributed by atoms with van der Waals surface area (Å²) in [6, 6.07) is 8.76. The van der Waals surface area contributed by atoms with E-state index in [4.69, 9.17) is 0 Å². The van der Waals surface area contributed by atoms with Gasteiger partial charge in [-0.15, -0.1) is 0 Å². The van der Waals surface area contributed by atoms with E-state index in [-0.39, 0.29) is 11.4 Å². The number of benzene rings is 1. The van der Waals surface area contributed by atoms with Crippen LogP contribution in [0.5, 0.6) is 0 Å². The zero-order chi connectivity index (χ0) is 14.1. The summed E-state index contributed by atoms with van der Waals surface area (Å²) in [7, 11) is 0. The topological polar surface area (TPSA) is 70.9 Å². The maximum atomic E-state index is 13.0. The van der Waals surface area contributed by atoms with Gasteiger partial charge in [0.2, 0.25) is 5.56 Å². The van der Waals surface area contributed by atoms with Crippen molar-refractivity contribution in [1.82, 2.24) is 14.7 Å². The molecule has 2 N–H and O–H groups in total. The first-order chi connectivity index (χ1) is 9.65. The molecule has 5 nitrogen and oxygen atoms in total. The van der Waals surface area contributed by atoms with Gasteiger partial charge in [-0.25, -0.2) is 9.37 Å². The molecular weight excluding hydrogens is 261 g/mol. The summed E-state index contributed by atoms with van der Waals surface area (Å²) >= 11 is 0. The number of H-pyrrole nitrogens is 1. The molecule has 0 fully saturated rings. The van der Waals surface area contributed by atoms with Gasteiger partial charge in [0.1, 0.15) is 17.8 Å². The first-order valence-electron chi connectivity index (χ1n) is 5.87. The second-order valence-electron chi connectivity index (χ2n) is 4.23. The fourth-order valence-corrected chi connectivity index (χ4v) is 2.02. The fourth-order valence-electron chi connectivity index (χ4n) is 2.02. The molecule has 0 aliphatic heterocycles. The Kier molecular flexibility index (Phi) is 2.83. The maximum Gasteiger partial charge on any atom is 0.248 e. The molecule has 0 aliphatic rings. The largest absolute Gasteiger partial charge is 0.427 e. The van der Waals surface area contributed by atoms with Crippen LogP contribution in [0.2, 0.25) is 0 Å². The Bertz CT molecular complexity index is 806. The molecule has 0 aliphatic carbocycles. The number of halogens is 1. The van der Waals surface area contributed by atoms with E-state index < -0.39 is 0 Å². The molecule has 2 aromatic heterocycles. The van der Waals surface area contributed by atoms with Gasteiger partial charge in [-0.3, -0.25) is 4.79 Å². The average Bonchev–Trinajstić information content (AvgIpc) is 2.81. The number of aromatic nitrogens is 3. The highest BCUT2D eigenvalue weighted by Crippen LogP contribution is 2.29. The molecule has 2 heterocycles. The summed E-state index contributed by atoms with van der Waals surface area (Å²) in [5.74, 6) is -0.352. The van der Waals surface area contributed by atoms with Crippen LogP contribution in [0.3, 0.4) is 0 Å². The van der Waals surface area contributed by atoms with Crippen LogP contribution in [0.1, 0.15) is 0 Å². The van der Waals surface area contributed by atoms with Gasteiger partial charge in [-0.05, 0) is 30.3 Å². The van der Waals surface area contributed by atoms with E-state index in [9.17, 15) is 14.4 Å². The molecule has 3 rings (SSSR count). The average molecular weight is 271 g/mol. The van der Waals surface area contributed by atoms with E-state index in [0.29, 0.717) is 22.5 Å². The number of nitrogens with zero attached hydrogens (tertiary/aromatic N) is 2. The predicted molar refractivity (Wildman–Crippen MR) is 70.9 cm³/mol. The number of nitrogens with one attached hydrogen (secondary N) is 1. The Morgan fingerprint density at radius 1 is 1.15 bits per heavy atom. The molecule has 1 aromatic carbocycles. The highest BCUT2D eigenvalue weighted by Gasteiger charge is 2.15. The molecule has 0 saturated heterocycles. The van der Waals surface area contributed by atoms with Crippen LogP contribution in [-0.2, 0) is 0 Å². The summed E-state index contributed by atoms with van der Waals surface area (Å²) in [6.07, 6.45) is 2.72. The van der Waals surface area contributed by atoms with Gasteiger partial charge in [0, 0.05) is 23.4 Å². The van der Waals surface area contributed by atoms with E-state index in [1.165, 1.54) is 30.7 Å². The summed E-state index contributed by atoms with van der Waals surface area (Å²) in [4.78, 5) is 18.0. The molecule has 0 atom stereocenters. The van der Waals surface area contributed by atoms with Crippen molar-refractivity contribution in [3.63, 3.8) is 0 Å². The van der Waals surface area contributed by atoms with E-state index in [1.54, 1.807) is 18.2 Å². The lowest BCUT2D eigenvalue weighted by Crippen LogP contribution is -2.04. The van der Waals surface area contributed by atoms with E-state index in [2.05, 4.69) is 9.97 Å². The smallest absolute Gasteiger partial charge is 0.248 e. The molecular formula is C14H10FN3O2. The Morgan fingerprint density at radius 3 is 2.60 bits per heavy atom. The van der Waals surface area contributed by atoms with Crippen molar-refractivity contribution in [3.05, 3.63) is 65.1 Å². The number of pyridine rings is 1. The second-order valence-corrected chi connectivity index (χ2v) is 4.23. The van der Waals surface area contributed by atoms with Gasteiger partial charge < -0.3 is 10.2 Å². The van der Waals surface area contributed by atoms with Gasteiger partial charge >= 0.3 is 0 Å². The Balaban J connectivity index is 2.19. The summed E-state index contributed by atoms with van der Waals surface area (Å²) in [6.45, 7) is 0. The Hall–Kier alpha value is -2.89. The molecule has 100 valence electrons. The molecule has 0 amide bonds.